The van der Waals surface area contributed by atoms with Crippen LogP contribution in [0.25, 0.3) is 0 Å². The van der Waals surface area contributed by atoms with Crippen molar-refractivity contribution in [1.82, 2.24) is 15.2 Å². The van der Waals surface area contributed by atoms with Crippen LogP contribution < -0.4 is 5.32 Å². The van der Waals surface area contributed by atoms with Gasteiger partial charge in [-0.25, -0.2) is 4.39 Å². The minimum atomic E-state index is -4.39. The molecule has 0 aliphatic carbocycles. The average Bonchev–Trinajstić information content (AvgIpc) is 2.83. The van der Waals surface area contributed by atoms with Crippen molar-refractivity contribution in [2.45, 2.75) is 25.4 Å². The minimum Gasteiger partial charge on any atom is -0.293 e. The molecule has 0 unspecified atom stereocenters. The molecule has 2 aromatic rings. The molecule has 0 saturated carbocycles. The van der Waals surface area contributed by atoms with E-state index >= 15 is 0 Å². The molecule has 5 nitrogen and oxygen atoms in total. The minimum absolute atomic E-state index is 0.112. The molecule has 118 valence electrons. The maximum atomic E-state index is 13.0. The summed E-state index contributed by atoms with van der Waals surface area (Å²) in [6.45, 7) is 0. The number of nitrogens with zero attached hydrogens (tertiary/aromatic N) is 2. The fourth-order valence-corrected chi connectivity index (χ4v) is 1.71. The van der Waals surface area contributed by atoms with E-state index in [4.69, 9.17) is 0 Å². The normalized spacial score (nSPS) is 11.5. The number of anilines is 1. The van der Waals surface area contributed by atoms with Gasteiger partial charge in [0.1, 0.15) is 11.6 Å². The third-order valence-corrected chi connectivity index (χ3v) is 2.68. The number of halogens is 4. The van der Waals surface area contributed by atoms with Gasteiger partial charge in [0.25, 0.3) is 0 Å². The third-order valence-electron chi connectivity index (χ3n) is 2.68. The van der Waals surface area contributed by atoms with E-state index in [0.717, 1.165) is 0 Å². The van der Waals surface area contributed by atoms with Crippen molar-refractivity contribution >= 4 is 11.9 Å². The zero-order valence-electron chi connectivity index (χ0n) is 11.2. The Kier molecular flexibility index (Phi) is 4.74. The molecule has 0 spiro atoms. The first-order chi connectivity index (χ1) is 10.3. The number of amides is 1. The fourth-order valence-electron chi connectivity index (χ4n) is 1.71. The van der Waals surface area contributed by atoms with Crippen LogP contribution >= 0.6 is 0 Å². The lowest BCUT2D eigenvalue weighted by atomic mass is 10.1. The number of aromatic amines is 1. The molecule has 22 heavy (non-hydrogen) atoms. The number of aromatic nitrogens is 3. The van der Waals surface area contributed by atoms with E-state index in [9.17, 15) is 22.4 Å². The maximum Gasteiger partial charge on any atom is 0.389 e. The van der Waals surface area contributed by atoms with Crippen molar-refractivity contribution < 1.29 is 22.4 Å². The van der Waals surface area contributed by atoms with Crippen LogP contribution in [0, 0.1) is 5.82 Å². The lowest BCUT2D eigenvalue weighted by Crippen LogP contribution is -2.17. The SMILES string of the molecule is O=C(CCC(F)(F)F)Nc1n[nH]c(Cc2cccc(F)c2)n1. The van der Waals surface area contributed by atoms with Gasteiger partial charge in [-0.15, -0.1) is 5.10 Å². The van der Waals surface area contributed by atoms with Crippen LogP contribution in [0.15, 0.2) is 24.3 Å². The third kappa shape index (κ3) is 5.15. The van der Waals surface area contributed by atoms with Crippen LogP contribution in [-0.4, -0.2) is 27.3 Å². The van der Waals surface area contributed by atoms with Crippen molar-refractivity contribution in [3.05, 3.63) is 41.5 Å². The lowest BCUT2D eigenvalue weighted by Gasteiger charge is -2.04. The van der Waals surface area contributed by atoms with Gasteiger partial charge in [-0.1, -0.05) is 12.1 Å². The number of alkyl halides is 3. The predicted octanol–water partition coefficient (Wildman–Crippen LogP) is 2.82. The molecule has 9 heteroatoms. The lowest BCUT2D eigenvalue weighted by molar-refractivity contribution is -0.142. The highest BCUT2D eigenvalue weighted by molar-refractivity contribution is 5.88. The quantitative estimate of drug-likeness (QED) is 0.833. The molecule has 2 rings (SSSR count). The number of hydrogen-bond donors (Lipinski definition) is 2. The molecule has 0 fully saturated rings. The first kappa shape index (κ1) is 15.9. The Bertz CT molecular complexity index is 653. The second kappa shape index (κ2) is 6.54. The van der Waals surface area contributed by atoms with Gasteiger partial charge in [0.15, 0.2) is 0 Å². The number of carbonyl (C=O) groups excluding carboxylic acids is 1. The molecule has 2 N–H and O–H groups in total. The van der Waals surface area contributed by atoms with Crippen LogP contribution in [0.4, 0.5) is 23.5 Å². The Morgan fingerprint density at radius 2 is 2.09 bits per heavy atom. The van der Waals surface area contributed by atoms with Crippen LogP contribution in [0.3, 0.4) is 0 Å². The van der Waals surface area contributed by atoms with Crippen LogP contribution in [0.1, 0.15) is 24.2 Å². The largest absolute Gasteiger partial charge is 0.389 e. The van der Waals surface area contributed by atoms with Gasteiger partial charge in [-0.05, 0) is 17.7 Å². The van der Waals surface area contributed by atoms with E-state index in [2.05, 4.69) is 20.5 Å². The highest BCUT2D eigenvalue weighted by Gasteiger charge is 2.28. The monoisotopic (exact) mass is 316 g/mol. The zero-order valence-corrected chi connectivity index (χ0v) is 11.2. The first-order valence-electron chi connectivity index (χ1n) is 6.34. The molecule has 1 heterocycles. The van der Waals surface area contributed by atoms with Crippen molar-refractivity contribution in [2.24, 2.45) is 0 Å². The van der Waals surface area contributed by atoms with Gasteiger partial charge in [-0.3, -0.25) is 15.2 Å². The molecular weight excluding hydrogens is 304 g/mol. The summed E-state index contributed by atoms with van der Waals surface area (Å²) in [5.41, 5.74) is 0.645. The second-order valence-corrected chi connectivity index (χ2v) is 4.58. The summed E-state index contributed by atoms with van der Waals surface area (Å²) in [5, 5.41) is 8.37. The van der Waals surface area contributed by atoms with Gasteiger partial charge in [-0.2, -0.15) is 18.2 Å². The van der Waals surface area contributed by atoms with E-state index in [-0.39, 0.29) is 12.4 Å². The second-order valence-electron chi connectivity index (χ2n) is 4.58. The number of carbonyl (C=O) groups is 1. The van der Waals surface area contributed by atoms with E-state index < -0.39 is 30.7 Å². The smallest absolute Gasteiger partial charge is 0.293 e. The number of nitrogens with one attached hydrogen (secondary N) is 2. The van der Waals surface area contributed by atoms with Gasteiger partial charge >= 0.3 is 6.18 Å². The van der Waals surface area contributed by atoms with Crippen molar-refractivity contribution in [3.8, 4) is 0 Å². The van der Waals surface area contributed by atoms with Gasteiger partial charge < -0.3 is 0 Å². The number of rotatable bonds is 5. The van der Waals surface area contributed by atoms with Crippen molar-refractivity contribution in [2.75, 3.05) is 5.32 Å². The van der Waals surface area contributed by atoms with Gasteiger partial charge in [0.05, 0.1) is 6.42 Å². The van der Waals surface area contributed by atoms with E-state index in [1.807, 2.05) is 0 Å². The van der Waals surface area contributed by atoms with Crippen molar-refractivity contribution in [1.29, 1.82) is 0 Å². The van der Waals surface area contributed by atoms with Crippen LogP contribution in [-0.2, 0) is 11.2 Å². The number of benzene rings is 1. The molecule has 1 aromatic carbocycles. The van der Waals surface area contributed by atoms with E-state index in [1.165, 1.54) is 12.1 Å². The molecule has 0 aliphatic rings. The Morgan fingerprint density at radius 1 is 1.32 bits per heavy atom. The number of H-pyrrole nitrogens is 1. The summed E-state index contributed by atoms with van der Waals surface area (Å²) in [4.78, 5) is 15.2. The molecule has 1 aromatic heterocycles. The first-order valence-corrected chi connectivity index (χ1v) is 6.34. The number of hydrogen-bond acceptors (Lipinski definition) is 3. The highest BCUT2D eigenvalue weighted by atomic mass is 19.4. The summed E-state index contributed by atoms with van der Waals surface area (Å²) in [6.07, 6.45) is -6.04. The highest BCUT2D eigenvalue weighted by Crippen LogP contribution is 2.21. The summed E-state index contributed by atoms with van der Waals surface area (Å²) < 4.78 is 49.0. The van der Waals surface area contributed by atoms with Crippen LogP contribution in [0.2, 0.25) is 0 Å². The standard InChI is InChI=1S/C13H12F4N4O/c14-9-3-1-2-8(6-9)7-10-18-12(21-20-10)19-11(22)4-5-13(15,16)17/h1-3,6H,4-5,7H2,(H2,18,19,20,21,22). The molecule has 0 atom stereocenters. The van der Waals surface area contributed by atoms with Gasteiger partial charge in [0, 0.05) is 12.8 Å². The van der Waals surface area contributed by atoms with E-state index in [0.29, 0.717) is 11.4 Å². The summed E-state index contributed by atoms with van der Waals surface area (Å²) in [7, 11) is 0. The summed E-state index contributed by atoms with van der Waals surface area (Å²) in [5.74, 6) is -0.971. The van der Waals surface area contributed by atoms with Crippen LogP contribution in [0.5, 0.6) is 0 Å². The fraction of sp³-hybridized carbons (Fsp3) is 0.308. The van der Waals surface area contributed by atoms with Gasteiger partial charge in [0.2, 0.25) is 11.9 Å². The Balaban J connectivity index is 1.90. The Labute approximate surface area is 122 Å². The van der Waals surface area contributed by atoms with E-state index in [1.54, 1.807) is 12.1 Å². The molecule has 1 amide bonds. The van der Waals surface area contributed by atoms with Crippen molar-refractivity contribution in [3.63, 3.8) is 0 Å². The topological polar surface area (TPSA) is 70.7 Å². The summed E-state index contributed by atoms with van der Waals surface area (Å²) in [6, 6.07) is 5.86. The maximum absolute atomic E-state index is 13.0. The predicted molar refractivity (Wildman–Crippen MR) is 69.5 cm³/mol. The summed E-state index contributed by atoms with van der Waals surface area (Å²) >= 11 is 0. The Morgan fingerprint density at radius 3 is 2.77 bits per heavy atom. The zero-order chi connectivity index (χ0) is 16.2. The molecule has 0 aliphatic heterocycles. The molecule has 0 radical (unpaired) electrons. The molecule has 0 bridgehead atoms. The Hall–Kier alpha value is -2.45. The average molecular weight is 316 g/mol. The molecular formula is C13H12F4N4O. The molecule has 0 saturated heterocycles.